The molecule has 2 aliphatic rings. The number of benzene rings is 1. The number of carbonyl (C=O) groups excluding carboxylic acids is 1. The Morgan fingerprint density at radius 2 is 2.14 bits per heavy atom. The molecule has 1 aliphatic heterocycles. The molecule has 0 saturated heterocycles. The van der Waals surface area contributed by atoms with E-state index in [-0.39, 0.29) is 29.2 Å². The van der Waals surface area contributed by atoms with Crippen molar-refractivity contribution in [1.29, 1.82) is 0 Å². The van der Waals surface area contributed by atoms with Crippen molar-refractivity contribution >= 4 is 26.6 Å². The lowest BCUT2D eigenvalue weighted by Gasteiger charge is -2.41. The van der Waals surface area contributed by atoms with Crippen LogP contribution in [0.3, 0.4) is 0 Å². The van der Waals surface area contributed by atoms with E-state index in [9.17, 15) is 18.3 Å². The van der Waals surface area contributed by atoms with Gasteiger partial charge in [-0.2, -0.15) is 0 Å². The lowest BCUT2D eigenvalue weighted by Crippen LogP contribution is -2.37. The predicted octanol–water partition coefficient (Wildman–Crippen LogP) is 1.78. The van der Waals surface area contributed by atoms with Crippen LogP contribution in [0.5, 0.6) is 5.88 Å². The molecule has 1 aliphatic carbocycles. The van der Waals surface area contributed by atoms with E-state index >= 15 is 0 Å². The van der Waals surface area contributed by atoms with Gasteiger partial charge >= 0.3 is 0 Å². The summed E-state index contributed by atoms with van der Waals surface area (Å²) >= 11 is 0. The number of amides is 1. The highest BCUT2D eigenvalue weighted by atomic mass is 32.2. The number of aliphatic hydroxyl groups excluding tert-OH is 1. The lowest BCUT2D eigenvalue weighted by atomic mass is 9.65. The molecular formula is C20H22N2O5S. The number of aliphatic hydroxyl groups is 1. The van der Waals surface area contributed by atoms with E-state index in [2.05, 4.69) is 4.98 Å². The second-order valence-electron chi connectivity index (χ2n) is 7.56. The normalized spacial score (nSPS) is 22.1. The highest BCUT2D eigenvalue weighted by molar-refractivity contribution is 7.94. The molecule has 1 saturated carbocycles. The van der Waals surface area contributed by atoms with E-state index in [0.717, 1.165) is 24.8 Å². The Morgan fingerprint density at radius 1 is 1.39 bits per heavy atom. The molecule has 2 aromatic rings. The number of allylic oxidation sites excluding steroid dienone is 1. The molecule has 2 heterocycles. The second-order valence-corrected chi connectivity index (χ2v) is 9.49. The first kappa shape index (κ1) is 18.9. The van der Waals surface area contributed by atoms with Crippen LogP contribution in [0.4, 0.5) is 0 Å². The number of nitrogens with zero attached hydrogens (tertiary/aromatic N) is 1. The number of pyridine rings is 1. The average molecular weight is 402 g/mol. The first-order valence-electron chi connectivity index (χ1n) is 9.14. The van der Waals surface area contributed by atoms with Gasteiger partial charge in [0, 0.05) is 22.1 Å². The van der Waals surface area contributed by atoms with Crippen molar-refractivity contribution in [2.24, 2.45) is 5.73 Å². The molecule has 7 nitrogen and oxygen atoms in total. The Labute approximate surface area is 163 Å². The van der Waals surface area contributed by atoms with E-state index in [1.165, 1.54) is 12.5 Å². The van der Waals surface area contributed by atoms with Crippen molar-refractivity contribution in [2.45, 2.75) is 30.6 Å². The van der Waals surface area contributed by atoms with E-state index in [0.29, 0.717) is 16.5 Å². The van der Waals surface area contributed by atoms with Crippen LogP contribution in [0.25, 0.3) is 10.9 Å². The molecule has 1 unspecified atom stereocenters. The molecule has 1 atom stereocenters. The number of fused-ring (bicyclic) bond motifs is 1. The maximum absolute atomic E-state index is 12.2. The van der Waals surface area contributed by atoms with E-state index in [1.807, 2.05) is 18.2 Å². The zero-order valence-corrected chi connectivity index (χ0v) is 16.3. The van der Waals surface area contributed by atoms with Gasteiger partial charge in [0.1, 0.15) is 5.56 Å². The first-order valence-corrected chi connectivity index (χ1v) is 10.9. The highest BCUT2D eigenvalue weighted by Crippen LogP contribution is 2.45. The number of sulfone groups is 1. The van der Waals surface area contributed by atoms with Gasteiger partial charge in [0.15, 0.2) is 9.84 Å². The molecule has 0 spiro atoms. The number of aromatic nitrogens is 1. The van der Waals surface area contributed by atoms with Crippen LogP contribution in [0, 0.1) is 0 Å². The molecule has 1 fully saturated rings. The van der Waals surface area contributed by atoms with Gasteiger partial charge in [0.25, 0.3) is 5.91 Å². The van der Waals surface area contributed by atoms with Crippen LogP contribution in [-0.4, -0.2) is 43.9 Å². The van der Waals surface area contributed by atoms with Crippen molar-refractivity contribution in [3.63, 3.8) is 0 Å². The maximum Gasteiger partial charge on any atom is 0.254 e. The minimum Gasteiger partial charge on any atom is -0.480 e. The van der Waals surface area contributed by atoms with Gasteiger partial charge in [-0.3, -0.25) is 4.79 Å². The number of carbonyl (C=O) groups is 1. The van der Waals surface area contributed by atoms with Crippen molar-refractivity contribution in [1.82, 2.24) is 4.98 Å². The van der Waals surface area contributed by atoms with Gasteiger partial charge in [-0.15, -0.1) is 0 Å². The van der Waals surface area contributed by atoms with Crippen LogP contribution < -0.4 is 10.5 Å². The number of nitrogens with two attached hydrogens (primary N) is 1. The van der Waals surface area contributed by atoms with Gasteiger partial charge < -0.3 is 15.6 Å². The molecular weight excluding hydrogens is 380 g/mol. The van der Waals surface area contributed by atoms with Gasteiger partial charge in [-0.05, 0) is 30.0 Å². The van der Waals surface area contributed by atoms with Crippen molar-refractivity contribution < 1.29 is 23.1 Å². The number of rotatable bonds is 5. The van der Waals surface area contributed by atoms with Crippen molar-refractivity contribution in [2.75, 3.05) is 19.5 Å². The Kier molecular flexibility index (Phi) is 4.43. The standard InChI is InChI=1S/C20H22N2O5S/c1-27-19-17(18(21)24)16(12-5-8-28(25,26)10-12)14-4-3-13(9-15(14)22-19)20(11-23)6-2-7-20/h3-5,8-9,12,23H,2,6-7,10-11H2,1H3,(H2,21,24). The molecule has 1 aromatic carbocycles. The minimum absolute atomic E-state index is 0.0610. The third-order valence-corrected chi connectivity index (χ3v) is 7.35. The molecule has 0 radical (unpaired) electrons. The number of ether oxygens (including phenoxy) is 1. The third kappa shape index (κ3) is 2.87. The fourth-order valence-corrected chi connectivity index (χ4v) is 5.58. The van der Waals surface area contributed by atoms with Gasteiger partial charge in [0.05, 0.1) is 25.0 Å². The summed E-state index contributed by atoms with van der Waals surface area (Å²) in [4.78, 5) is 16.7. The van der Waals surface area contributed by atoms with Gasteiger partial charge in [0.2, 0.25) is 5.88 Å². The molecule has 148 valence electrons. The molecule has 1 aromatic heterocycles. The summed E-state index contributed by atoms with van der Waals surface area (Å²) in [5.74, 6) is -1.27. The summed E-state index contributed by atoms with van der Waals surface area (Å²) in [5.41, 5.74) is 7.54. The van der Waals surface area contributed by atoms with E-state index in [1.54, 1.807) is 6.08 Å². The maximum atomic E-state index is 12.2. The number of methoxy groups -OCH3 is 1. The Morgan fingerprint density at radius 3 is 2.64 bits per heavy atom. The fraction of sp³-hybridized carbons (Fsp3) is 0.400. The average Bonchev–Trinajstić information content (AvgIpc) is 2.98. The highest BCUT2D eigenvalue weighted by Gasteiger charge is 2.38. The van der Waals surface area contributed by atoms with Crippen LogP contribution in [-0.2, 0) is 15.3 Å². The topological polar surface area (TPSA) is 120 Å². The van der Waals surface area contributed by atoms with Crippen LogP contribution in [0.1, 0.15) is 46.7 Å². The van der Waals surface area contributed by atoms with Crippen LogP contribution in [0.2, 0.25) is 0 Å². The largest absolute Gasteiger partial charge is 0.480 e. The van der Waals surface area contributed by atoms with Crippen LogP contribution in [0.15, 0.2) is 29.7 Å². The number of hydrogen-bond acceptors (Lipinski definition) is 6. The first-order chi connectivity index (χ1) is 13.3. The summed E-state index contributed by atoms with van der Waals surface area (Å²) in [7, 11) is -1.93. The van der Waals surface area contributed by atoms with Gasteiger partial charge in [-0.25, -0.2) is 13.4 Å². The molecule has 3 N–H and O–H groups in total. The lowest BCUT2D eigenvalue weighted by molar-refractivity contribution is 0.0995. The molecule has 0 bridgehead atoms. The molecule has 4 rings (SSSR count). The summed E-state index contributed by atoms with van der Waals surface area (Å²) in [5, 5.41) is 11.7. The smallest absolute Gasteiger partial charge is 0.254 e. The summed E-state index contributed by atoms with van der Waals surface area (Å²) in [6.45, 7) is 0.0610. The second kappa shape index (κ2) is 6.56. The number of hydrogen-bond donors (Lipinski definition) is 2. The third-order valence-electron chi connectivity index (χ3n) is 5.96. The van der Waals surface area contributed by atoms with E-state index in [4.69, 9.17) is 10.5 Å². The molecule has 28 heavy (non-hydrogen) atoms. The van der Waals surface area contributed by atoms with Crippen molar-refractivity contribution in [3.05, 3.63) is 46.4 Å². The van der Waals surface area contributed by atoms with E-state index < -0.39 is 21.7 Å². The Bertz CT molecular complexity index is 1100. The molecule has 1 amide bonds. The summed E-state index contributed by atoms with van der Waals surface area (Å²) in [6.07, 6.45) is 4.45. The SMILES string of the molecule is COc1nc2cc(C3(CO)CCC3)ccc2c(C2C=CS(=O)(=O)C2)c1C(N)=O. The Hall–Kier alpha value is -2.45. The Balaban J connectivity index is 1.97. The minimum atomic E-state index is -3.33. The fourth-order valence-electron chi connectivity index (χ4n) is 4.27. The summed E-state index contributed by atoms with van der Waals surface area (Å²) in [6, 6.07) is 5.66. The zero-order valence-electron chi connectivity index (χ0n) is 15.5. The van der Waals surface area contributed by atoms with Gasteiger partial charge in [-0.1, -0.05) is 24.6 Å². The monoisotopic (exact) mass is 402 g/mol. The summed E-state index contributed by atoms with van der Waals surface area (Å²) < 4.78 is 29.3. The van der Waals surface area contributed by atoms with Crippen molar-refractivity contribution in [3.8, 4) is 5.88 Å². The molecule has 8 heteroatoms. The quantitative estimate of drug-likeness (QED) is 0.787. The van der Waals surface area contributed by atoms with Crippen LogP contribution >= 0.6 is 0 Å². The number of primary amides is 1. The predicted molar refractivity (Wildman–Crippen MR) is 105 cm³/mol. The zero-order chi connectivity index (χ0) is 20.1.